The number of aromatic amines is 1. The molecule has 0 aliphatic rings. The number of H-pyrrole nitrogens is 1. The highest BCUT2D eigenvalue weighted by Crippen LogP contribution is 2.23. The first-order valence-electron chi connectivity index (χ1n) is 5.93. The molecule has 0 bridgehead atoms. The van der Waals surface area contributed by atoms with Gasteiger partial charge in [-0.3, -0.25) is 0 Å². The Hall–Kier alpha value is -0.810. The maximum Gasteiger partial charge on any atom is 0.0701 e. The Bertz CT molecular complexity index is 704. The minimum Gasteiger partial charge on any atom is -0.361 e. The Morgan fingerprint density at radius 2 is 2.11 bits per heavy atom. The van der Waals surface area contributed by atoms with Gasteiger partial charge in [-0.25, -0.2) is 0 Å². The number of hydrogen-bond acceptors (Lipinski definition) is 2. The maximum absolute atomic E-state index is 5.98. The van der Waals surface area contributed by atoms with Crippen LogP contribution in [0.4, 0.5) is 0 Å². The number of halogens is 2. The summed E-state index contributed by atoms with van der Waals surface area (Å²) < 4.78 is 1.17. The first kappa shape index (κ1) is 13.2. The summed E-state index contributed by atoms with van der Waals surface area (Å²) in [6, 6.07) is 10.2. The molecule has 0 unspecified atom stereocenters. The third-order valence-electron chi connectivity index (χ3n) is 2.97. The number of hydrogen-bond donors (Lipinski definition) is 2. The second-order valence-electron chi connectivity index (χ2n) is 4.31. The molecular weight excluding hydrogens is 344 g/mol. The lowest BCUT2D eigenvalue weighted by molar-refractivity contribution is 0.704. The van der Waals surface area contributed by atoms with E-state index in [-0.39, 0.29) is 0 Å². The van der Waals surface area contributed by atoms with Gasteiger partial charge in [-0.1, -0.05) is 17.7 Å². The molecule has 19 heavy (non-hydrogen) atoms. The summed E-state index contributed by atoms with van der Waals surface area (Å²) >= 11 is 11.2. The van der Waals surface area contributed by atoms with E-state index in [1.54, 1.807) is 11.3 Å². The Balaban J connectivity index is 1.68. The first-order valence-corrected chi connectivity index (χ1v) is 7.91. The number of aromatic nitrogens is 1. The predicted octanol–water partition coefficient (Wildman–Crippen LogP) is 4.94. The third kappa shape index (κ3) is 3.03. The van der Waals surface area contributed by atoms with E-state index in [4.69, 9.17) is 11.6 Å². The number of rotatable bonds is 4. The van der Waals surface area contributed by atoms with E-state index in [0.29, 0.717) is 0 Å². The van der Waals surface area contributed by atoms with Crippen molar-refractivity contribution in [3.8, 4) is 0 Å². The molecule has 0 radical (unpaired) electrons. The van der Waals surface area contributed by atoms with Crippen LogP contribution in [0, 0.1) is 0 Å². The van der Waals surface area contributed by atoms with Gasteiger partial charge < -0.3 is 10.3 Å². The molecule has 0 fully saturated rings. The first-order chi connectivity index (χ1) is 9.22. The Morgan fingerprint density at radius 1 is 1.21 bits per heavy atom. The lowest BCUT2D eigenvalue weighted by atomic mass is 10.2. The molecule has 0 spiro atoms. The maximum atomic E-state index is 5.98. The molecule has 2 heterocycles. The highest BCUT2D eigenvalue weighted by Gasteiger charge is 2.04. The fourth-order valence-electron chi connectivity index (χ4n) is 2.07. The molecule has 98 valence electrons. The summed E-state index contributed by atoms with van der Waals surface area (Å²) in [5.74, 6) is 0. The molecule has 2 nitrogen and oxygen atoms in total. The normalized spacial score (nSPS) is 11.3. The molecule has 0 saturated carbocycles. The molecule has 3 rings (SSSR count). The van der Waals surface area contributed by atoms with Crippen molar-refractivity contribution in [2.45, 2.75) is 13.1 Å². The Labute approximate surface area is 128 Å². The minimum absolute atomic E-state index is 0.761. The van der Waals surface area contributed by atoms with Gasteiger partial charge in [0, 0.05) is 40.1 Å². The van der Waals surface area contributed by atoms with Crippen LogP contribution in [0.2, 0.25) is 5.02 Å². The van der Waals surface area contributed by atoms with Gasteiger partial charge in [-0.05, 0) is 45.8 Å². The number of nitrogens with one attached hydrogen (secondary N) is 2. The van der Waals surface area contributed by atoms with E-state index in [2.05, 4.69) is 44.4 Å². The van der Waals surface area contributed by atoms with Crippen LogP contribution in [-0.2, 0) is 13.1 Å². The predicted molar refractivity (Wildman–Crippen MR) is 85.9 cm³/mol. The zero-order valence-electron chi connectivity index (χ0n) is 10.0. The lowest BCUT2D eigenvalue weighted by Crippen LogP contribution is -2.11. The second-order valence-corrected chi connectivity index (χ2v) is 7.30. The Kier molecular flexibility index (Phi) is 3.93. The van der Waals surface area contributed by atoms with Crippen molar-refractivity contribution in [3.05, 3.63) is 55.8 Å². The van der Waals surface area contributed by atoms with Crippen molar-refractivity contribution < 1.29 is 0 Å². The van der Waals surface area contributed by atoms with E-state index in [0.717, 1.165) is 23.6 Å². The molecule has 3 aromatic rings. The fraction of sp³-hybridized carbons (Fsp3) is 0.143. The van der Waals surface area contributed by atoms with Crippen LogP contribution >= 0.6 is 38.9 Å². The molecule has 0 aliphatic carbocycles. The minimum atomic E-state index is 0.761. The van der Waals surface area contributed by atoms with Crippen LogP contribution in [0.3, 0.4) is 0 Å². The monoisotopic (exact) mass is 354 g/mol. The molecule has 0 saturated heterocycles. The van der Waals surface area contributed by atoms with Gasteiger partial charge in [0.1, 0.15) is 0 Å². The summed E-state index contributed by atoms with van der Waals surface area (Å²) in [6.07, 6.45) is 2.04. The zero-order valence-corrected chi connectivity index (χ0v) is 13.2. The van der Waals surface area contributed by atoms with Gasteiger partial charge in [0.05, 0.1) is 3.79 Å². The van der Waals surface area contributed by atoms with Crippen LogP contribution in [0.25, 0.3) is 10.9 Å². The van der Waals surface area contributed by atoms with Crippen LogP contribution in [0.5, 0.6) is 0 Å². The van der Waals surface area contributed by atoms with Gasteiger partial charge in [0.15, 0.2) is 0 Å². The van der Waals surface area contributed by atoms with Crippen LogP contribution in [0.1, 0.15) is 10.4 Å². The summed E-state index contributed by atoms with van der Waals surface area (Å²) in [7, 11) is 0. The summed E-state index contributed by atoms with van der Waals surface area (Å²) in [5, 5.41) is 5.45. The van der Waals surface area contributed by atoms with Crippen LogP contribution < -0.4 is 5.32 Å². The SMILES string of the molecule is Clc1ccc2c(CNCc3ccc(Br)s3)c[nH]c2c1. The third-order valence-corrected chi connectivity index (χ3v) is 4.83. The van der Waals surface area contributed by atoms with Gasteiger partial charge in [-0.2, -0.15) is 0 Å². The molecule has 2 aromatic heterocycles. The van der Waals surface area contributed by atoms with Crippen molar-refractivity contribution in [1.82, 2.24) is 10.3 Å². The van der Waals surface area contributed by atoms with Crippen molar-refractivity contribution in [1.29, 1.82) is 0 Å². The van der Waals surface area contributed by atoms with Crippen LogP contribution in [0.15, 0.2) is 40.3 Å². The fourth-order valence-corrected chi connectivity index (χ4v) is 3.70. The molecule has 0 aliphatic heterocycles. The Morgan fingerprint density at radius 3 is 2.89 bits per heavy atom. The molecule has 2 N–H and O–H groups in total. The van der Waals surface area contributed by atoms with E-state index in [1.807, 2.05) is 18.3 Å². The topological polar surface area (TPSA) is 27.8 Å². The summed E-state index contributed by atoms with van der Waals surface area (Å²) in [4.78, 5) is 4.58. The van der Waals surface area contributed by atoms with E-state index in [9.17, 15) is 0 Å². The van der Waals surface area contributed by atoms with E-state index in [1.165, 1.54) is 19.6 Å². The van der Waals surface area contributed by atoms with Gasteiger partial charge in [0.25, 0.3) is 0 Å². The smallest absolute Gasteiger partial charge is 0.0701 e. The number of thiophene rings is 1. The molecule has 5 heteroatoms. The van der Waals surface area contributed by atoms with Gasteiger partial charge in [-0.15, -0.1) is 11.3 Å². The molecular formula is C14H12BrClN2S. The van der Waals surface area contributed by atoms with Crippen molar-refractivity contribution in [2.75, 3.05) is 0 Å². The second kappa shape index (κ2) is 5.67. The van der Waals surface area contributed by atoms with Gasteiger partial charge in [0.2, 0.25) is 0 Å². The summed E-state index contributed by atoms with van der Waals surface area (Å²) in [6.45, 7) is 1.73. The average molecular weight is 356 g/mol. The zero-order chi connectivity index (χ0) is 13.2. The summed E-state index contributed by atoms with van der Waals surface area (Å²) in [5.41, 5.74) is 2.35. The molecule has 1 aromatic carbocycles. The highest BCUT2D eigenvalue weighted by molar-refractivity contribution is 9.11. The quantitative estimate of drug-likeness (QED) is 0.682. The lowest BCUT2D eigenvalue weighted by Gasteiger charge is -2.02. The van der Waals surface area contributed by atoms with Crippen molar-refractivity contribution >= 4 is 49.8 Å². The van der Waals surface area contributed by atoms with E-state index < -0.39 is 0 Å². The van der Waals surface area contributed by atoms with Crippen molar-refractivity contribution in [3.63, 3.8) is 0 Å². The average Bonchev–Trinajstić information content (AvgIpc) is 2.96. The largest absolute Gasteiger partial charge is 0.361 e. The van der Waals surface area contributed by atoms with Crippen molar-refractivity contribution in [2.24, 2.45) is 0 Å². The highest BCUT2D eigenvalue weighted by atomic mass is 79.9. The van der Waals surface area contributed by atoms with Gasteiger partial charge >= 0.3 is 0 Å². The number of fused-ring (bicyclic) bond motifs is 1. The standard InChI is InChI=1S/C14H12BrClN2S/c15-14-4-2-11(19-14)8-17-6-9-7-18-13-5-10(16)1-3-12(9)13/h1-5,7,17-18H,6,8H2. The molecule has 0 amide bonds. The van der Waals surface area contributed by atoms with E-state index >= 15 is 0 Å². The van der Waals surface area contributed by atoms with Crippen LogP contribution in [-0.4, -0.2) is 4.98 Å². The molecule has 0 atom stereocenters. The number of benzene rings is 1.